The fraction of sp³-hybridized carbons (Fsp3) is 0.632. The number of carbonyl (C=O) groups is 1. The molecule has 0 spiro atoms. The molecule has 6 nitrogen and oxygen atoms in total. The van der Waals surface area contributed by atoms with Crippen LogP contribution in [-0.2, 0) is 14.1 Å². The SMILES string of the molecule is CC(=O)Nc1ccc(B2OC(C)(C)C(C)(C)O2)cc1N1CCN(C)CC1. The lowest BCUT2D eigenvalue weighted by Crippen LogP contribution is -2.45. The summed E-state index contributed by atoms with van der Waals surface area (Å²) in [5.41, 5.74) is 2.10. The number of nitrogens with one attached hydrogen (secondary N) is 1. The minimum Gasteiger partial charge on any atom is -0.399 e. The van der Waals surface area contributed by atoms with Gasteiger partial charge in [-0.2, -0.15) is 0 Å². The Morgan fingerprint density at radius 3 is 2.19 bits per heavy atom. The van der Waals surface area contributed by atoms with E-state index >= 15 is 0 Å². The number of rotatable bonds is 3. The van der Waals surface area contributed by atoms with Crippen LogP contribution in [-0.4, -0.2) is 62.4 Å². The minimum absolute atomic E-state index is 0.0660. The van der Waals surface area contributed by atoms with Crippen LogP contribution in [0.2, 0.25) is 0 Å². The van der Waals surface area contributed by atoms with Crippen LogP contribution < -0.4 is 15.7 Å². The van der Waals surface area contributed by atoms with Crippen molar-refractivity contribution in [1.29, 1.82) is 0 Å². The highest BCUT2D eigenvalue weighted by Gasteiger charge is 2.51. The number of carbonyl (C=O) groups excluding carboxylic acids is 1. The maximum absolute atomic E-state index is 11.6. The van der Waals surface area contributed by atoms with Crippen molar-refractivity contribution in [2.45, 2.75) is 45.8 Å². The number of piperazine rings is 1. The van der Waals surface area contributed by atoms with Gasteiger partial charge in [-0.05, 0) is 52.3 Å². The molecule has 0 atom stereocenters. The number of hydrogen-bond donors (Lipinski definition) is 1. The van der Waals surface area contributed by atoms with E-state index in [0.29, 0.717) is 0 Å². The van der Waals surface area contributed by atoms with E-state index < -0.39 is 7.12 Å². The average Bonchev–Trinajstić information content (AvgIpc) is 2.76. The summed E-state index contributed by atoms with van der Waals surface area (Å²) >= 11 is 0. The zero-order valence-electron chi connectivity index (χ0n) is 16.8. The Morgan fingerprint density at radius 2 is 1.65 bits per heavy atom. The van der Waals surface area contributed by atoms with E-state index in [1.807, 2.05) is 12.1 Å². The van der Waals surface area contributed by atoms with Gasteiger partial charge in [-0.15, -0.1) is 0 Å². The molecule has 26 heavy (non-hydrogen) atoms. The lowest BCUT2D eigenvalue weighted by Gasteiger charge is -2.35. The zero-order valence-corrected chi connectivity index (χ0v) is 16.8. The molecule has 2 fully saturated rings. The summed E-state index contributed by atoms with van der Waals surface area (Å²) in [5, 5.41) is 2.96. The predicted octanol–water partition coefficient (Wildman–Crippen LogP) is 1.70. The highest BCUT2D eigenvalue weighted by Crippen LogP contribution is 2.37. The van der Waals surface area contributed by atoms with Gasteiger partial charge in [0, 0.05) is 33.1 Å². The van der Waals surface area contributed by atoms with Crippen LogP contribution in [0.3, 0.4) is 0 Å². The smallest absolute Gasteiger partial charge is 0.399 e. The van der Waals surface area contributed by atoms with Crippen molar-refractivity contribution < 1.29 is 14.1 Å². The quantitative estimate of drug-likeness (QED) is 0.833. The third-order valence-corrected chi connectivity index (χ3v) is 5.70. The van der Waals surface area contributed by atoms with Crippen molar-refractivity contribution in [2.75, 3.05) is 43.4 Å². The third kappa shape index (κ3) is 3.75. The molecule has 2 saturated heterocycles. The van der Waals surface area contributed by atoms with E-state index in [0.717, 1.165) is 43.0 Å². The highest BCUT2D eigenvalue weighted by molar-refractivity contribution is 6.62. The van der Waals surface area contributed by atoms with Crippen LogP contribution in [0.4, 0.5) is 11.4 Å². The van der Waals surface area contributed by atoms with Crippen LogP contribution >= 0.6 is 0 Å². The molecule has 2 heterocycles. The van der Waals surface area contributed by atoms with Crippen molar-refractivity contribution in [3.63, 3.8) is 0 Å². The monoisotopic (exact) mass is 359 g/mol. The molecule has 1 amide bonds. The second-order valence-electron chi connectivity index (χ2n) is 8.34. The molecule has 1 N–H and O–H groups in total. The molecule has 0 bridgehead atoms. The molecule has 7 heteroatoms. The summed E-state index contributed by atoms with van der Waals surface area (Å²) in [7, 11) is 1.73. The predicted molar refractivity (Wildman–Crippen MR) is 106 cm³/mol. The average molecular weight is 359 g/mol. The molecule has 0 radical (unpaired) electrons. The van der Waals surface area contributed by atoms with Gasteiger partial charge in [0.15, 0.2) is 0 Å². The molecular weight excluding hydrogens is 329 g/mol. The van der Waals surface area contributed by atoms with Crippen molar-refractivity contribution >= 4 is 29.9 Å². The van der Waals surface area contributed by atoms with Gasteiger partial charge in [0.1, 0.15) is 0 Å². The van der Waals surface area contributed by atoms with Crippen molar-refractivity contribution in [3.05, 3.63) is 18.2 Å². The van der Waals surface area contributed by atoms with Gasteiger partial charge in [-0.3, -0.25) is 4.79 Å². The van der Waals surface area contributed by atoms with E-state index in [-0.39, 0.29) is 17.1 Å². The zero-order chi connectivity index (χ0) is 19.1. The largest absolute Gasteiger partial charge is 0.494 e. The van der Waals surface area contributed by atoms with E-state index in [4.69, 9.17) is 9.31 Å². The second kappa shape index (κ2) is 6.87. The van der Waals surface area contributed by atoms with Crippen molar-refractivity contribution in [2.24, 2.45) is 0 Å². The fourth-order valence-electron chi connectivity index (χ4n) is 3.28. The first-order valence-corrected chi connectivity index (χ1v) is 9.30. The Kier molecular flexibility index (Phi) is 5.07. The van der Waals surface area contributed by atoms with Gasteiger partial charge < -0.3 is 24.4 Å². The van der Waals surface area contributed by atoms with Gasteiger partial charge in [0.2, 0.25) is 5.91 Å². The Bertz CT molecular complexity index is 669. The van der Waals surface area contributed by atoms with E-state index in [1.165, 1.54) is 6.92 Å². The molecule has 3 rings (SSSR count). The number of nitrogens with zero attached hydrogens (tertiary/aromatic N) is 2. The maximum Gasteiger partial charge on any atom is 0.494 e. The topological polar surface area (TPSA) is 54.0 Å². The first kappa shape index (κ1) is 19.2. The second-order valence-corrected chi connectivity index (χ2v) is 8.34. The summed E-state index contributed by atoms with van der Waals surface area (Å²) in [6.45, 7) is 13.6. The van der Waals surface area contributed by atoms with E-state index in [1.54, 1.807) is 0 Å². The summed E-state index contributed by atoms with van der Waals surface area (Å²) in [4.78, 5) is 16.3. The van der Waals surface area contributed by atoms with Gasteiger partial charge in [-0.25, -0.2) is 0 Å². The number of likely N-dealkylation sites (N-methyl/N-ethyl adjacent to an activating group) is 1. The Labute approximate surface area is 157 Å². The van der Waals surface area contributed by atoms with Crippen LogP contribution in [0, 0.1) is 0 Å². The van der Waals surface area contributed by atoms with Crippen LogP contribution in [0.15, 0.2) is 18.2 Å². The Hall–Kier alpha value is -1.57. The van der Waals surface area contributed by atoms with Gasteiger partial charge >= 0.3 is 7.12 Å². The van der Waals surface area contributed by atoms with Crippen molar-refractivity contribution in [1.82, 2.24) is 4.90 Å². The summed E-state index contributed by atoms with van der Waals surface area (Å²) in [6.07, 6.45) is 0. The van der Waals surface area contributed by atoms with Crippen LogP contribution in [0.5, 0.6) is 0 Å². The van der Waals surface area contributed by atoms with E-state index in [9.17, 15) is 4.79 Å². The molecule has 1 aromatic carbocycles. The standard InChI is InChI=1S/C19H30BN3O3/c1-14(24)21-16-8-7-15(20-25-18(2,3)19(4,5)26-20)13-17(16)23-11-9-22(6)10-12-23/h7-8,13H,9-12H2,1-6H3,(H,21,24). The molecule has 0 aromatic heterocycles. The van der Waals surface area contributed by atoms with E-state index in [2.05, 4.69) is 55.9 Å². The number of amides is 1. The fourth-order valence-corrected chi connectivity index (χ4v) is 3.28. The van der Waals surface area contributed by atoms with Gasteiger partial charge in [0.05, 0.1) is 22.6 Å². The molecular formula is C19H30BN3O3. The summed E-state index contributed by atoms with van der Waals surface area (Å²) in [6, 6.07) is 6.03. The summed E-state index contributed by atoms with van der Waals surface area (Å²) < 4.78 is 12.4. The molecule has 0 aliphatic carbocycles. The Balaban J connectivity index is 1.91. The first-order valence-electron chi connectivity index (χ1n) is 9.30. The van der Waals surface area contributed by atoms with Gasteiger partial charge in [0.25, 0.3) is 0 Å². The van der Waals surface area contributed by atoms with Gasteiger partial charge in [-0.1, -0.05) is 6.07 Å². The molecule has 1 aromatic rings. The Morgan fingerprint density at radius 1 is 1.08 bits per heavy atom. The first-order chi connectivity index (χ1) is 12.1. The van der Waals surface area contributed by atoms with Crippen molar-refractivity contribution in [3.8, 4) is 0 Å². The molecule has 0 unspecified atom stereocenters. The molecule has 2 aliphatic rings. The molecule has 2 aliphatic heterocycles. The minimum atomic E-state index is -0.405. The number of hydrogen-bond acceptors (Lipinski definition) is 5. The molecule has 142 valence electrons. The maximum atomic E-state index is 11.6. The summed E-state index contributed by atoms with van der Waals surface area (Å²) in [5.74, 6) is -0.0660. The lowest BCUT2D eigenvalue weighted by molar-refractivity contribution is -0.114. The van der Waals surface area contributed by atoms with Crippen LogP contribution in [0.1, 0.15) is 34.6 Å². The normalized spacial score (nSPS) is 22.5. The highest BCUT2D eigenvalue weighted by atomic mass is 16.7. The lowest BCUT2D eigenvalue weighted by atomic mass is 9.78. The third-order valence-electron chi connectivity index (χ3n) is 5.70. The molecule has 0 saturated carbocycles. The van der Waals surface area contributed by atoms with Crippen LogP contribution in [0.25, 0.3) is 0 Å². The number of benzene rings is 1. The number of anilines is 2.